The normalized spacial score (nSPS) is 15.3. The first-order chi connectivity index (χ1) is 23.2. The van der Waals surface area contributed by atoms with Crippen LogP contribution in [0.5, 0.6) is 0 Å². The number of nitrogen functional groups attached to an aromatic ring is 1. The SMILES string of the molecule is C/C=C(/C1=NC(c2ccc(-c3ccc4c(c3)-c3cccc5cccc-4c35)cc2)=NC(c2ccccc2)N1)c1c(N)oc2ccccc12. The number of nitrogens with one attached hydrogen (secondary N) is 1. The van der Waals surface area contributed by atoms with E-state index in [0.717, 1.165) is 38.8 Å². The van der Waals surface area contributed by atoms with E-state index in [1.54, 1.807) is 0 Å². The van der Waals surface area contributed by atoms with E-state index in [1.807, 2.05) is 55.5 Å². The highest BCUT2D eigenvalue weighted by Crippen LogP contribution is 2.48. The van der Waals surface area contributed by atoms with Crippen LogP contribution in [-0.2, 0) is 0 Å². The molecule has 47 heavy (non-hydrogen) atoms. The second kappa shape index (κ2) is 10.7. The topological polar surface area (TPSA) is 75.9 Å². The molecule has 6 aromatic carbocycles. The van der Waals surface area contributed by atoms with Crippen molar-refractivity contribution in [2.75, 3.05) is 5.73 Å². The molecule has 1 aromatic heterocycles. The molecular weight excluding hydrogens is 576 g/mol. The fourth-order valence-electron chi connectivity index (χ4n) is 7.05. The van der Waals surface area contributed by atoms with Gasteiger partial charge < -0.3 is 15.5 Å². The van der Waals surface area contributed by atoms with Gasteiger partial charge in [0.15, 0.2) is 11.7 Å². The molecule has 7 aromatic rings. The highest BCUT2D eigenvalue weighted by molar-refractivity contribution is 6.30. The van der Waals surface area contributed by atoms with Crippen molar-refractivity contribution < 1.29 is 4.42 Å². The van der Waals surface area contributed by atoms with Gasteiger partial charge in [0.05, 0.1) is 5.56 Å². The van der Waals surface area contributed by atoms with Gasteiger partial charge in [-0.05, 0) is 68.8 Å². The maximum atomic E-state index is 6.46. The lowest BCUT2D eigenvalue weighted by Crippen LogP contribution is -2.33. The lowest BCUT2D eigenvalue weighted by molar-refractivity contribution is 0.636. The predicted molar refractivity (Wildman–Crippen MR) is 194 cm³/mol. The maximum Gasteiger partial charge on any atom is 0.199 e. The van der Waals surface area contributed by atoms with E-state index in [-0.39, 0.29) is 6.17 Å². The van der Waals surface area contributed by atoms with E-state index in [0.29, 0.717) is 17.6 Å². The van der Waals surface area contributed by atoms with Gasteiger partial charge in [-0.15, -0.1) is 0 Å². The molecule has 2 heterocycles. The summed E-state index contributed by atoms with van der Waals surface area (Å²) in [4.78, 5) is 10.2. The van der Waals surface area contributed by atoms with Crippen LogP contribution in [0.1, 0.15) is 29.8 Å². The minimum Gasteiger partial charge on any atom is -0.440 e. The Morgan fingerprint density at radius 2 is 1.40 bits per heavy atom. The van der Waals surface area contributed by atoms with Crippen molar-refractivity contribution in [3.8, 4) is 33.4 Å². The van der Waals surface area contributed by atoms with Crippen molar-refractivity contribution in [1.29, 1.82) is 0 Å². The van der Waals surface area contributed by atoms with Crippen molar-refractivity contribution >= 4 is 44.9 Å². The summed E-state index contributed by atoms with van der Waals surface area (Å²) in [5.74, 6) is 1.71. The molecule has 1 atom stereocenters. The minimum atomic E-state index is -0.325. The number of aliphatic imine (C=N–C) groups is 2. The average Bonchev–Trinajstić information content (AvgIpc) is 3.64. The minimum absolute atomic E-state index is 0.325. The zero-order valence-electron chi connectivity index (χ0n) is 25.7. The van der Waals surface area contributed by atoms with Gasteiger partial charge in [0.25, 0.3) is 0 Å². The van der Waals surface area contributed by atoms with Crippen LogP contribution in [0.3, 0.4) is 0 Å². The molecule has 1 aliphatic carbocycles. The number of furan rings is 1. The van der Waals surface area contributed by atoms with Crippen molar-refractivity contribution in [3.05, 3.63) is 156 Å². The molecule has 1 unspecified atom stereocenters. The van der Waals surface area contributed by atoms with E-state index in [9.17, 15) is 0 Å². The number of allylic oxidation sites excluding steroid dienone is 1. The highest BCUT2D eigenvalue weighted by Gasteiger charge is 2.26. The van der Waals surface area contributed by atoms with Gasteiger partial charge in [-0.3, -0.25) is 0 Å². The molecular formula is C42H30N4O. The molecule has 1 aliphatic heterocycles. The first-order valence-corrected chi connectivity index (χ1v) is 15.9. The Morgan fingerprint density at radius 1 is 0.702 bits per heavy atom. The van der Waals surface area contributed by atoms with Crippen molar-refractivity contribution in [2.45, 2.75) is 13.1 Å². The Morgan fingerprint density at radius 3 is 2.19 bits per heavy atom. The summed E-state index contributed by atoms with van der Waals surface area (Å²) >= 11 is 0. The van der Waals surface area contributed by atoms with E-state index < -0.39 is 0 Å². The van der Waals surface area contributed by atoms with Crippen LogP contribution in [0.4, 0.5) is 5.88 Å². The van der Waals surface area contributed by atoms with Crippen LogP contribution < -0.4 is 11.1 Å². The quantitative estimate of drug-likeness (QED) is 0.205. The molecule has 3 N–H and O–H groups in total. The van der Waals surface area contributed by atoms with E-state index in [2.05, 4.69) is 96.3 Å². The predicted octanol–water partition coefficient (Wildman–Crippen LogP) is 10.0. The zero-order valence-corrected chi connectivity index (χ0v) is 25.7. The number of nitrogens with zero attached hydrogens (tertiary/aromatic N) is 2. The smallest absolute Gasteiger partial charge is 0.199 e. The molecule has 224 valence electrons. The molecule has 0 amide bonds. The number of hydrogen-bond donors (Lipinski definition) is 2. The first-order valence-electron chi connectivity index (χ1n) is 15.9. The molecule has 0 fully saturated rings. The third-order valence-corrected chi connectivity index (χ3v) is 9.27. The van der Waals surface area contributed by atoms with Gasteiger partial charge in [-0.1, -0.05) is 127 Å². The lowest BCUT2D eigenvalue weighted by Gasteiger charge is -2.25. The zero-order chi connectivity index (χ0) is 31.5. The molecule has 0 saturated carbocycles. The lowest BCUT2D eigenvalue weighted by atomic mass is 9.96. The third kappa shape index (κ3) is 4.39. The maximum absolute atomic E-state index is 6.46. The van der Waals surface area contributed by atoms with Crippen molar-refractivity contribution in [3.63, 3.8) is 0 Å². The van der Waals surface area contributed by atoms with Crippen molar-refractivity contribution in [2.24, 2.45) is 9.98 Å². The molecule has 0 radical (unpaired) electrons. The second-order valence-electron chi connectivity index (χ2n) is 12.0. The first kappa shape index (κ1) is 27.1. The number of amidine groups is 2. The third-order valence-electron chi connectivity index (χ3n) is 9.27. The van der Waals surface area contributed by atoms with Gasteiger partial charge in [0.2, 0.25) is 0 Å². The fourth-order valence-corrected chi connectivity index (χ4v) is 7.05. The molecule has 9 rings (SSSR count). The largest absolute Gasteiger partial charge is 0.440 e. The molecule has 5 heteroatoms. The van der Waals surface area contributed by atoms with Crippen LogP contribution in [0, 0.1) is 0 Å². The number of rotatable bonds is 5. The Labute approximate surface area is 272 Å². The number of anilines is 1. The van der Waals surface area contributed by atoms with Crippen LogP contribution in [-0.4, -0.2) is 11.7 Å². The molecule has 2 aliphatic rings. The summed E-state index contributed by atoms with van der Waals surface area (Å²) in [7, 11) is 0. The fraction of sp³-hybridized carbons (Fsp3) is 0.0476. The van der Waals surface area contributed by atoms with Gasteiger partial charge in [-0.2, -0.15) is 0 Å². The number of benzene rings is 6. The number of para-hydroxylation sites is 1. The Kier molecular flexibility index (Phi) is 6.18. The monoisotopic (exact) mass is 606 g/mol. The van der Waals surface area contributed by atoms with Crippen LogP contribution in [0.25, 0.3) is 60.7 Å². The molecule has 0 bridgehead atoms. The molecule has 0 saturated heterocycles. The van der Waals surface area contributed by atoms with Gasteiger partial charge in [0.1, 0.15) is 17.6 Å². The van der Waals surface area contributed by atoms with E-state index in [4.69, 9.17) is 20.1 Å². The molecule has 5 nitrogen and oxygen atoms in total. The van der Waals surface area contributed by atoms with Gasteiger partial charge >= 0.3 is 0 Å². The summed E-state index contributed by atoms with van der Waals surface area (Å²) in [6.45, 7) is 1.99. The van der Waals surface area contributed by atoms with Crippen LogP contribution in [0.15, 0.2) is 154 Å². The van der Waals surface area contributed by atoms with Gasteiger partial charge in [-0.25, -0.2) is 9.98 Å². The Balaban J connectivity index is 1.10. The summed E-state index contributed by atoms with van der Waals surface area (Å²) in [5, 5.41) is 7.14. The van der Waals surface area contributed by atoms with Crippen LogP contribution in [0.2, 0.25) is 0 Å². The Bertz CT molecular complexity index is 2440. The summed E-state index contributed by atoms with van der Waals surface area (Å²) in [6, 6.07) is 46.6. The summed E-state index contributed by atoms with van der Waals surface area (Å²) in [5.41, 5.74) is 18.4. The number of fused-ring (bicyclic) bond motifs is 4. The standard InChI is InChI=1S/C42H30N4O/c1-2-30(38-34-14-6-7-17-36(34)47-39(38)43)42-45-40(27-10-4-3-5-11-27)44-41(46-42)28-20-18-25(19-21-28)29-22-23-31-32-15-8-12-26-13-9-16-33(37(26)32)35(31)24-29/h2-24,40H,43H2,1H3,(H,44,45,46)/b30-2+. The summed E-state index contributed by atoms with van der Waals surface area (Å²) in [6.07, 6.45) is 1.70. The van der Waals surface area contributed by atoms with Crippen molar-refractivity contribution in [1.82, 2.24) is 5.32 Å². The average molecular weight is 607 g/mol. The van der Waals surface area contributed by atoms with E-state index in [1.165, 1.54) is 38.6 Å². The highest BCUT2D eigenvalue weighted by atomic mass is 16.3. The summed E-state index contributed by atoms with van der Waals surface area (Å²) < 4.78 is 5.94. The second-order valence-corrected chi connectivity index (χ2v) is 12.0. The Hall–Kier alpha value is -6.20. The van der Waals surface area contributed by atoms with E-state index >= 15 is 0 Å². The number of nitrogens with two attached hydrogens (primary N) is 1. The van der Waals surface area contributed by atoms with Crippen LogP contribution >= 0.6 is 0 Å². The number of hydrogen-bond acceptors (Lipinski definition) is 5. The van der Waals surface area contributed by atoms with Gasteiger partial charge in [0, 0.05) is 16.5 Å². The molecule has 0 spiro atoms.